The third-order valence-corrected chi connectivity index (χ3v) is 4.48. The quantitative estimate of drug-likeness (QED) is 0.706. The maximum Gasteiger partial charge on any atom is 0.249 e. The summed E-state index contributed by atoms with van der Waals surface area (Å²) in [5, 5.41) is 3.42. The summed E-state index contributed by atoms with van der Waals surface area (Å²) in [7, 11) is 0. The highest BCUT2D eigenvalue weighted by Gasteiger charge is 2.25. The molecule has 1 aliphatic heterocycles. The van der Waals surface area contributed by atoms with Crippen LogP contribution in [0.5, 0.6) is 0 Å². The minimum Gasteiger partial charge on any atom is -0.372 e. The Morgan fingerprint density at radius 3 is 3.04 bits per heavy atom. The van der Waals surface area contributed by atoms with Crippen LogP contribution in [0, 0.1) is 0 Å². The highest BCUT2D eigenvalue weighted by molar-refractivity contribution is 5.77. The second-order valence-corrected chi connectivity index (χ2v) is 6.44. The fourth-order valence-electron chi connectivity index (χ4n) is 3.10. The summed E-state index contributed by atoms with van der Waals surface area (Å²) in [5.41, 5.74) is 0.939. The van der Waals surface area contributed by atoms with Crippen LogP contribution in [-0.2, 0) is 16.1 Å². The van der Waals surface area contributed by atoms with Gasteiger partial charge in [-0.05, 0) is 50.9 Å². The number of unbranched alkanes of at least 4 members (excludes halogenated alkanes) is 2. The molecule has 0 spiro atoms. The van der Waals surface area contributed by atoms with Crippen LogP contribution in [0.15, 0.2) is 24.4 Å². The number of hydrogen-bond donors (Lipinski definition) is 1. The van der Waals surface area contributed by atoms with E-state index in [0.717, 1.165) is 57.3 Å². The lowest BCUT2D eigenvalue weighted by Crippen LogP contribution is -2.42. The molecule has 5 nitrogen and oxygen atoms in total. The molecule has 134 valence electrons. The van der Waals surface area contributed by atoms with Crippen molar-refractivity contribution >= 4 is 5.91 Å². The van der Waals surface area contributed by atoms with Crippen molar-refractivity contribution in [3.8, 4) is 0 Å². The Kier molecular flexibility index (Phi) is 8.77. The molecule has 1 unspecified atom stereocenters. The largest absolute Gasteiger partial charge is 0.372 e. The molecule has 0 aromatic carbocycles. The summed E-state index contributed by atoms with van der Waals surface area (Å²) in [6, 6.07) is 6.13. The molecule has 2 rings (SSSR count). The van der Waals surface area contributed by atoms with Crippen LogP contribution >= 0.6 is 0 Å². The topological polar surface area (TPSA) is 54.5 Å². The highest BCUT2D eigenvalue weighted by Crippen LogP contribution is 2.16. The minimum atomic E-state index is 0.0871. The van der Waals surface area contributed by atoms with E-state index in [0.29, 0.717) is 13.2 Å². The molecule has 24 heavy (non-hydrogen) atoms. The van der Waals surface area contributed by atoms with Crippen LogP contribution in [0.2, 0.25) is 0 Å². The molecule has 1 N–H and O–H groups in total. The molecule has 5 heteroatoms. The van der Waals surface area contributed by atoms with Gasteiger partial charge in [0, 0.05) is 18.8 Å². The third-order valence-electron chi connectivity index (χ3n) is 4.48. The Morgan fingerprint density at radius 1 is 1.33 bits per heavy atom. The van der Waals surface area contributed by atoms with E-state index < -0.39 is 0 Å². The van der Waals surface area contributed by atoms with E-state index in [1.165, 1.54) is 0 Å². The van der Waals surface area contributed by atoms with Crippen molar-refractivity contribution in [2.24, 2.45) is 0 Å². The zero-order valence-electron chi connectivity index (χ0n) is 14.9. The number of carbonyl (C=O) groups is 1. The average molecular weight is 333 g/mol. The Bertz CT molecular complexity index is 459. The van der Waals surface area contributed by atoms with Gasteiger partial charge in [0.2, 0.25) is 5.91 Å². The molecule has 1 fully saturated rings. The number of amides is 1. The maximum atomic E-state index is 12.7. The summed E-state index contributed by atoms with van der Waals surface area (Å²) >= 11 is 0. The molecule has 0 aliphatic carbocycles. The predicted octanol–water partition coefficient (Wildman–Crippen LogP) is 2.76. The first-order chi connectivity index (χ1) is 11.8. The summed E-state index contributed by atoms with van der Waals surface area (Å²) in [6.45, 7) is 5.59. The monoisotopic (exact) mass is 333 g/mol. The SMILES string of the molecule is CCCCCOCC(=O)N(Cc1ccccn1)C1CCCNCC1. The zero-order valence-corrected chi connectivity index (χ0v) is 14.9. The molecule has 0 radical (unpaired) electrons. The molecular formula is C19H31N3O2. The van der Waals surface area contributed by atoms with Crippen LogP contribution < -0.4 is 5.32 Å². The van der Waals surface area contributed by atoms with E-state index in [4.69, 9.17) is 4.74 Å². The lowest BCUT2D eigenvalue weighted by Gasteiger charge is -2.31. The lowest BCUT2D eigenvalue weighted by atomic mass is 10.1. The molecule has 1 saturated heterocycles. The fourth-order valence-corrected chi connectivity index (χ4v) is 3.10. The number of pyridine rings is 1. The van der Waals surface area contributed by atoms with Crippen LogP contribution in [0.4, 0.5) is 0 Å². The second kappa shape index (κ2) is 11.2. The molecule has 1 atom stereocenters. The van der Waals surface area contributed by atoms with Crippen molar-refractivity contribution in [2.45, 2.75) is 58.0 Å². The summed E-state index contributed by atoms with van der Waals surface area (Å²) in [5.74, 6) is 0.0871. The van der Waals surface area contributed by atoms with Crippen molar-refractivity contribution < 1.29 is 9.53 Å². The lowest BCUT2D eigenvalue weighted by molar-refractivity contribution is -0.139. The Morgan fingerprint density at radius 2 is 2.25 bits per heavy atom. The van der Waals surface area contributed by atoms with E-state index in [2.05, 4.69) is 17.2 Å². The smallest absolute Gasteiger partial charge is 0.249 e. The van der Waals surface area contributed by atoms with Gasteiger partial charge >= 0.3 is 0 Å². The second-order valence-electron chi connectivity index (χ2n) is 6.44. The molecule has 2 heterocycles. The van der Waals surface area contributed by atoms with Gasteiger partial charge in [-0.15, -0.1) is 0 Å². The molecule has 0 saturated carbocycles. The van der Waals surface area contributed by atoms with Crippen LogP contribution in [-0.4, -0.2) is 48.1 Å². The molecule has 1 aliphatic rings. The normalized spacial score (nSPS) is 18.1. The molecule has 1 amide bonds. The number of rotatable bonds is 9. The highest BCUT2D eigenvalue weighted by atomic mass is 16.5. The van der Waals surface area contributed by atoms with Crippen LogP contribution in [0.3, 0.4) is 0 Å². The molecule has 1 aromatic rings. The van der Waals surface area contributed by atoms with Gasteiger partial charge in [-0.3, -0.25) is 9.78 Å². The van der Waals surface area contributed by atoms with Gasteiger partial charge in [0.1, 0.15) is 6.61 Å². The number of carbonyl (C=O) groups excluding carboxylic acids is 1. The Labute approximate surface area is 145 Å². The minimum absolute atomic E-state index is 0.0871. The van der Waals surface area contributed by atoms with Gasteiger partial charge in [0.05, 0.1) is 12.2 Å². The van der Waals surface area contributed by atoms with Crippen LogP contribution in [0.25, 0.3) is 0 Å². The number of nitrogens with zero attached hydrogens (tertiary/aromatic N) is 2. The van der Waals surface area contributed by atoms with Crippen molar-refractivity contribution in [1.82, 2.24) is 15.2 Å². The van der Waals surface area contributed by atoms with E-state index in [1.54, 1.807) is 6.20 Å². The first-order valence-corrected chi connectivity index (χ1v) is 9.29. The first-order valence-electron chi connectivity index (χ1n) is 9.29. The standard InChI is InChI=1S/C19H31N3O2/c1-2-3-6-14-24-16-19(23)22(15-17-8-4-5-12-21-17)18-9-7-11-20-13-10-18/h4-5,8,12,18,20H,2-3,6-7,9-11,13-16H2,1H3. The summed E-state index contributed by atoms with van der Waals surface area (Å²) in [6.07, 6.45) is 8.27. The zero-order chi connectivity index (χ0) is 17.0. The number of aromatic nitrogens is 1. The Balaban J connectivity index is 1.94. The average Bonchev–Trinajstić information content (AvgIpc) is 2.89. The molecule has 0 bridgehead atoms. The Hall–Kier alpha value is -1.46. The van der Waals surface area contributed by atoms with Crippen molar-refractivity contribution in [3.05, 3.63) is 30.1 Å². The van der Waals surface area contributed by atoms with Gasteiger partial charge in [-0.2, -0.15) is 0 Å². The summed E-state index contributed by atoms with van der Waals surface area (Å²) < 4.78 is 5.61. The van der Waals surface area contributed by atoms with E-state index in [9.17, 15) is 4.79 Å². The van der Waals surface area contributed by atoms with Gasteiger partial charge in [-0.25, -0.2) is 0 Å². The van der Waals surface area contributed by atoms with Crippen molar-refractivity contribution in [3.63, 3.8) is 0 Å². The van der Waals surface area contributed by atoms with Crippen LogP contribution in [0.1, 0.15) is 51.1 Å². The van der Waals surface area contributed by atoms with Gasteiger partial charge in [-0.1, -0.05) is 25.8 Å². The van der Waals surface area contributed by atoms with Crippen molar-refractivity contribution in [1.29, 1.82) is 0 Å². The van der Waals surface area contributed by atoms with Gasteiger partial charge in [0.15, 0.2) is 0 Å². The van der Waals surface area contributed by atoms with E-state index in [-0.39, 0.29) is 18.6 Å². The number of nitrogens with one attached hydrogen (secondary N) is 1. The van der Waals surface area contributed by atoms with E-state index >= 15 is 0 Å². The number of ether oxygens (including phenoxy) is 1. The van der Waals surface area contributed by atoms with E-state index in [1.807, 2.05) is 23.1 Å². The van der Waals surface area contributed by atoms with Crippen molar-refractivity contribution in [2.75, 3.05) is 26.3 Å². The number of hydrogen-bond acceptors (Lipinski definition) is 4. The molecular weight excluding hydrogens is 302 g/mol. The third kappa shape index (κ3) is 6.57. The first kappa shape index (κ1) is 18.9. The van der Waals surface area contributed by atoms with Gasteiger partial charge in [0.25, 0.3) is 0 Å². The molecule has 1 aromatic heterocycles. The predicted molar refractivity (Wildman–Crippen MR) is 95.6 cm³/mol. The summed E-state index contributed by atoms with van der Waals surface area (Å²) in [4.78, 5) is 19.1. The van der Waals surface area contributed by atoms with Gasteiger partial charge < -0.3 is 15.0 Å². The fraction of sp³-hybridized carbons (Fsp3) is 0.684. The maximum absolute atomic E-state index is 12.7.